The summed E-state index contributed by atoms with van der Waals surface area (Å²) in [6.45, 7) is 0. The molecule has 4 aliphatic carbocycles. The molecule has 0 heterocycles. The van der Waals surface area contributed by atoms with Gasteiger partial charge >= 0.3 is 0 Å². The molecule has 20 heavy (non-hydrogen) atoms. The highest BCUT2D eigenvalue weighted by Crippen LogP contribution is 2.58. The van der Waals surface area contributed by atoms with Crippen LogP contribution in [0.3, 0.4) is 0 Å². The number of rotatable bonds is 1. The minimum absolute atomic E-state index is 0.163. The minimum atomic E-state index is -1.07. The Morgan fingerprint density at radius 1 is 0.600 bits per heavy atom. The summed E-state index contributed by atoms with van der Waals surface area (Å²) in [5.74, 6) is 6.05. The fraction of sp³-hybridized carbons (Fsp3) is 1.00. The molecular weight excluding hydrogens is 248 g/mol. The zero-order valence-corrected chi connectivity index (χ0v) is 12.6. The maximum atomic E-state index is 9.48. The average Bonchev–Trinajstić information content (AvgIpc) is 2.94. The second-order valence-electron chi connectivity index (χ2n) is 8.25. The van der Waals surface area contributed by atoms with Crippen molar-refractivity contribution in [2.24, 2.45) is 41.4 Å². The van der Waals surface area contributed by atoms with Crippen LogP contribution in [-0.4, -0.2) is 16.5 Å². The topological polar surface area (TPSA) is 40.5 Å². The van der Waals surface area contributed by atoms with Gasteiger partial charge in [-0.1, -0.05) is 12.8 Å². The molecule has 0 aromatic rings. The molecule has 2 nitrogen and oxygen atoms in total. The zero-order chi connectivity index (χ0) is 13.7. The molecule has 0 bridgehead atoms. The van der Waals surface area contributed by atoms with Crippen LogP contribution in [0.15, 0.2) is 0 Å². The van der Waals surface area contributed by atoms with Gasteiger partial charge in [-0.15, -0.1) is 0 Å². The lowest BCUT2D eigenvalue weighted by atomic mass is 9.53. The van der Waals surface area contributed by atoms with Crippen molar-refractivity contribution in [3.05, 3.63) is 0 Å². The Morgan fingerprint density at radius 3 is 2.00 bits per heavy atom. The monoisotopic (exact) mass is 278 g/mol. The lowest BCUT2D eigenvalue weighted by Crippen LogP contribution is -2.45. The van der Waals surface area contributed by atoms with Crippen LogP contribution in [0.25, 0.3) is 0 Å². The zero-order valence-electron chi connectivity index (χ0n) is 12.6. The molecule has 0 aromatic carbocycles. The van der Waals surface area contributed by atoms with Gasteiger partial charge in [-0.3, -0.25) is 0 Å². The van der Waals surface area contributed by atoms with E-state index in [0.29, 0.717) is 0 Å². The van der Waals surface area contributed by atoms with Gasteiger partial charge in [0.05, 0.1) is 0 Å². The third-order valence-corrected chi connectivity index (χ3v) is 7.61. The van der Waals surface area contributed by atoms with E-state index < -0.39 is 6.29 Å². The van der Waals surface area contributed by atoms with E-state index in [-0.39, 0.29) is 5.92 Å². The van der Waals surface area contributed by atoms with Crippen molar-refractivity contribution in [2.75, 3.05) is 0 Å². The van der Waals surface area contributed by atoms with E-state index in [1.54, 1.807) is 0 Å². The molecule has 0 aliphatic heterocycles. The van der Waals surface area contributed by atoms with Crippen molar-refractivity contribution in [3.8, 4) is 0 Å². The third kappa shape index (κ3) is 2.14. The molecule has 7 unspecified atom stereocenters. The van der Waals surface area contributed by atoms with Gasteiger partial charge in [0.1, 0.15) is 0 Å². The molecule has 0 aromatic heterocycles. The van der Waals surface area contributed by atoms with Crippen molar-refractivity contribution in [3.63, 3.8) is 0 Å². The van der Waals surface area contributed by atoms with Crippen LogP contribution in [0, 0.1) is 41.4 Å². The molecule has 4 aliphatic rings. The van der Waals surface area contributed by atoms with E-state index in [0.717, 1.165) is 48.3 Å². The van der Waals surface area contributed by atoms with Crippen molar-refractivity contribution < 1.29 is 10.2 Å². The predicted molar refractivity (Wildman–Crippen MR) is 78.8 cm³/mol. The summed E-state index contributed by atoms with van der Waals surface area (Å²) in [4.78, 5) is 0. The van der Waals surface area contributed by atoms with Gasteiger partial charge in [-0.25, -0.2) is 0 Å². The second-order valence-corrected chi connectivity index (χ2v) is 8.25. The van der Waals surface area contributed by atoms with Gasteiger partial charge in [0.2, 0.25) is 0 Å². The normalized spacial score (nSPS) is 51.5. The highest BCUT2D eigenvalue weighted by Gasteiger charge is 2.49. The third-order valence-electron chi connectivity index (χ3n) is 7.61. The maximum Gasteiger partial charge on any atom is 0.154 e. The molecule has 2 N–H and O–H groups in total. The Kier molecular flexibility index (Phi) is 3.58. The van der Waals surface area contributed by atoms with Gasteiger partial charge in [-0.2, -0.15) is 0 Å². The summed E-state index contributed by atoms with van der Waals surface area (Å²) in [6.07, 6.45) is 12.7. The number of aliphatic hydroxyl groups excluding tert-OH is 1. The fourth-order valence-corrected chi connectivity index (χ4v) is 6.78. The fourth-order valence-electron chi connectivity index (χ4n) is 6.78. The van der Waals surface area contributed by atoms with Gasteiger partial charge < -0.3 is 10.2 Å². The first-order valence-electron chi connectivity index (χ1n) is 9.10. The quantitative estimate of drug-likeness (QED) is 0.720. The molecular formula is C18H30O2. The molecule has 0 saturated heterocycles. The Hall–Kier alpha value is -0.0800. The molecule has 4 saturated carbocycles. The predicted octanol–water partition coefficient (Wildman–Crippen LogP) is 3.57. The standard InChI is InChI=1S/C18H30O2/c19-18(20)13-6-7-15-12(10-13)5-9-16-14-3-1-2-11(14)4-8-17(15)16/h11-20H,1-10H2. The molecule has 7 atom stereocenters. The highest BCUT2D eigenvalue weighted by atomic mass is 16.5. The number of hydrogen-bond acceptors (Lipinski definition) is 2. The first-order chi connectivity index (χ1) is 9.74. The molecule has 4 fully saturated rings. The van der Waals surface area contributed by atoms with Crippen LogP contribution >= 0.6 is 0 Å². The number of aliphatic hydroxyl groups is 2. The second kappa shape index (κ2) is 5.28. The first kappa shape index (κ1) is 13.6. The number of fused-ring (bicyclic) bond motifs is 5. The van der Waals surface area contributed by atoms with Gasteiger partial charge in [0.25, 0.3) is 0 Å². The molecule has 0 radical (unpaired) electrons. The summed E-state index contributed by atoms with van der Waals surface area (Å²) in [5, 5.41) is 19.0. The van der Waals surface area contributed by atoms with Crippen molar-refractivity contribution in [1.29, 1.82) is 0 Å². The molecule has 2 heteroatoms. The Balaban J connectivity index is 1.48. The lowest BCUT2D eigenvalue weighted by Gasteiger charge is -2.53. The molecule has 4 rings (SSSR count). The van der Waals surface area contributed by atoms with Gasteiger partial charge in [0, 0.05) is 5.92 Å². The van der Waals surface area contributed by atoms with Gasteiger partial charge in [0.15, 0.2) is 6.29 Å². The summed E-state index contributed by atoms with van der Waals surface area (Å²) in [5.41, 5.74) is 0. The summed E-state index contributed by atoms with van der Waals surface area (Å²) < 4.78 is 0. The SMILES string of the molecule is OC(O)C1CCC2C(CCC3C4CCCC4CCC23)C1. The van der Waals surface area contributed by atoms with Crippen LogP contribution in [0.1, 0.15) is 64.2 Å². The highest BCUT2D eigenvalue weighted by molar-refractivity contribution is 4.99. The van der Waals surface area contributed by atoms with E-state index >= 15 is 0 Å². The average molecular weight is 278 g/mol. The van der Waals surface area contributed by atoms with Crippen molar-refractivity contribution >= 4 is 0 Å². The smallest absolute Gasteiger partial charge is 0.154 e. The van der Waals surface area contributed by atoms with Crippen LogP contribution in [0.5, 0.6) is 0 Å². The summed E-state index contributed by atoms with van der Waals surface area (Å²) in [6, 6.07) is 0. The van der Waals surface area contributed by atoms with Crippen LogP contribution in [0.2, 0.25) is 0 Å². The van der Waals surface area contributed by atoms with Crippen LogP contribution in [-0.2, 0) is 0 Å². The van der Waals surface area contributed by atoms with Crippen molar-refractivity contribution in [2.45, 2.75) is 70.5 Å². The van der Waals surface area contributed by atoms with E-state index in [2.05, 4.69) is 0 Å². The number of hydrogen-bond donors (Lipinski definition) is 2. The van der Waals surface area contributed by atoms with Crippen LogP contribution < -0.4 is 0 Å². The van der Waals surface area contributed by atoms with E-state index in [1.807, 2.05) is 0 Å². The molecule has 0 amide bonds. The lowest BCUT2D eigenvalue weighted by molar-refractivity contribution is -0.118. The maximum absolute atomic E-state index is 9.48. The van der Waals surface area contributed by atoms with E-state index in [1.165, 1.54) is 51.4 Å². The van der Waals surface area contributed by atoms with E-state index in [4.69, 9.17) is 0 Å². The Bertz CT molecular complexity index is 353. The van der Waals surface area contributed by atoms with Crippen LogP contribution in [0.4, 0.5) is 0 Å². The summed E-state index contributed by atoms with van der Waals surface area (Å²) >= 11 is 0. The largest absolute Gasteiger partial charge is 0.368 e. The van der Waals surface area contributed by atoms with E-state index in [9.17, 15) is 10.2 Å². The Labute approximate surface area is 123 Å². The van der Waals surface area contributed by atoms with Gasteiger partial charge in [-0.05, 0) is 86.9 Å². The molecule has 114 valence electrons. The Morgan fingerprint density at radius 2 is 1.25 bits per heavy atom. The first-order valence-corrected chi connectivity index (χ1v) is 9.10. The molecule has 0 spiro atoms. The minimum Gasteiger partial charge on any atom is -0.368 e. The van der Waals surface area contributed by atoms with Crippen molar-refractivity contribution in [1.82, 2.24) is 0 Å². The summed E-state index contributed by atoms with van der Waals surface area (Å²) in [7, 11) is 0.